The molecule has 1 rings (SSSR count). The second-order valence-corrected chi connectivity index (χ2v) is 5.00. The molecule has 0 fully saturated rings. The molecule has 0 aliphatic rings. The van der Waals surface area contributed by atoms with Crippen molar-refractivity contribution >= 4 is 17.7 Å². The molecule has 0 bridgehead atoms. The van der Waals surface area contributed by atoms with Crippen molar-refractivity contribution in [2.45, 2.75) is 18.4 Å². The predicted octanol–water partition coefficient (Wildman–Crippen LogP) is 2.22. The third-order valence-electron chi connectivity index (χ3n) is 2.51. The van der Waals surface area contributed by atoms with E-state index in [1.54, 1.807) is 26.2 Å². The highest BCUT2D eigenvalue weighted by Crippen LogP contribution is 2.25. The minimum atomic E-state index is -0.292. The normalized spacial score (nSPS) is 10.6. The van der Waals surface area contributed by atoms with Crippen LogP contribution >= 0.6 is 11.8 Å². The number of rotatable bonds is 9. The molecule has 1 N–H and O–H groups in total. The van der Waals surface area contributed by atoms with Crippen LogP contribution in [-0.4, -0.2) is 38.6 Å². The van der Waals surface area contributed by atoms with Gasteiger partial charge in [0.2, 0.25) is 0 Å². The van der Waals surface area contributed by atoms with E-state index in [1.165, 1.54) is 17.8 Å². The summed E-state index contributed by atoms with van der Waals surface area (Å²) < 4.78 is 23.6. The monoisotopic (exact) mass is 301 g/mol. The van der Waals surface area contributed by atoms with E-state index in [1.807, 2.05) is 0 Å². The zero-order valence-corrected chi connectivity index (χ0v) is 12.6. The Morgan fingerprint density at radius 2 is 2.25 bits per heavy atom. The van der Waals surface area contributed by atoms with Crippen molar-refractivity contribution in [1.29, 1.82) is 0 Å². The van der Waals surface area contributed by atoms with E-state index < -0.39 is 0 Å². The molecule has 20 heavy (non-hydrogen) atoms. The largest absolute Gasteiger partial charge is 0.465 e. The molecular weight excluding hydrogens is 281 g/mol. The lowest BCUT2D eigenvalue weighted by Crippen LogP contribution is -2.19. The molecule has 0 radical (unpaired) electrons. The van der Waals surface area contributed by atoms with E-state index in [4.69, 9.17) is 9.47 Å². The molecule has 0 heterocycles. The standard InChI is InChI=1S/C14H20FNO3S/c1-3-19-14(17)10-20-13-6-4-5-12(15)11(13)9-16-7-8-18-2/h4-6,16H,3,7-10H2,1-2H3. The average Bonchev–Trinajstić information content (AvgIpc) is 2.43. The van der Waals surface area contributed by atoms with Gasteiger partial charge in [0, 0.05) is 30.7 Å². The first-order valence-corrected chi connectivity index (χ1v) is 7.43. The van der Waals surface area contributed by atoms with E-state index in [9.17, 15) is 9.18 Å². The fraction of sp³-hybridized carbons (Fsp3) is 0.500. The molecule has 0 spiro atoms. The molecule has 0 aliphatic heterocycles. The summed E-state index contributed by atoms with van der Waals surface area (Å²) in [6.45, 7) is 3.73. The van der Waals surface area contributed by atoms with Gasteiger partial charge in [-0.2, -0.15) is 0 Å². The Balaban J connectivity index is 2.60. The second-order valence-electron chi connectivity index (χ2n) is 3.98. The van der Waals surface area contributed by atoms with Gasteiger partial charge in [0.1, 0.15) is 5.82 Å². The van der Waals surface area contributed by atoms with Gasteiger partial charge in [0.25, 0.3) is 0 Å². The van der Waals surface area contributed by atoms with Crippen LogP contribution in [0.1, 0.15) is 12.5 Å². The van der Waals surface area contributed by atoms with Crippen LogP contribution in [0.3, 0.4) is 0 Å². The lowest BCUT2D eigenvalue weighted by Gasteiger charge is -2.11. The van der Waals surface area contributed by atoms with Gasteiger partial charge in [0.05, 0.1) is 19.0 Å². The van der Waals surface area contributed by atoms with Gasteiger partial charge in [-0.15, -0.1) is 11.8 Å². The number of ether oxygens (including phenoxy) is 2. The van der Waals surface area contributed by atoms with Gasteiger partial charge in [-0.05, 0) is 19.1 Å². The van der Waals surface area contributed by atoms with Crippen LogP contribution in [0.15, 0.2) is 23.1 Å². The molecule has 0 amide bonds. The summed E-state index contributed by atoms with van der Waals surface area (Å²) in [6.07, 6.45) is 0. The SMILES string of the molecule is CCOC(=O)CSc1cccc(F)c1CNCCOC. The molecule has 0 unspecified atom stereocenters. The molecule has 0 saturated carbocycles. The predicted molar refractivity (Wildman–Crippen MR) is 77.3 cm³/mol. The lowest BCUT2D eigenvalue weighted by atomic mass is 10.2. The maximum Gasteiger partial charge on any atom is 0.316 e. The Labute approximate surface area is 123 Å². The van der Waals surface area contributed by atoms with Crippen LogP contribution in [0.4, 0.5) is 4.39 Å². The van der Waals surface area contributed by atoms with E-state index >= 15 is 0 Å². The van der Waals surface area contributed by atoms with Crippen molar-refractivity contribution in [2.75, 3.05) is 32.6 Å². The first-order valence-electron chi connectivity index (χ1n) is 6.44. The van der Waals surface area contributed by atoms with Gasteiger partial charge >= 0.3 is 5.97 Å². The van der Waals surface area contributed by atoms with E-state index in [2.05, 4.69) is 5.32 Å². The van der Waals surface area contributed by atoms with Crippen LogP contribution in [0, 0.1) is 5.82 Å². The summed E-state index contributed by atoms with van der Waals surface area (Å²) >= 11 is 1.29. The summed E-state index contributed by atoms with van der Waals surface area (Å²) in [5.74, 6) is -0.383. The number of benzene rings is 1. The van der Waals surface area contributed by atoms with Crippen molar-refractivity contribution in [1.82, 2.24) is 5.32 Å². The van der Waals surface area contributed by atoms with E-state index in [-0.39, 0.29) is 17.5 Å². The van der Waals surface area contributed by atoms with Crippen LogP contribution in [0.25, 0.3) is 0 Å². The van der Waals surface area contributed by atoms with Crippen LogP contribution in [0.5, 0.6) is 0 Å². The Hall–Kier alpha value is -1.11. The van der Waals surface area contributed by atoms with Crippen molar-refractivity contribution < 1.29 is 18.7 Å². The molecule has 1 aromatic rings. The second kappa shape index (κ2) is 9.74. The number of carbonyl (C=O) groups is 1. The van der Waals surface area contributed by atoms with Crippen LogP contribution in [-0.2, 0) is 20.8 Å². The maximum atomic E-state index is 13.8. The summed E-state index contributed by atoms with van der Waals surface area (Å²) in [4.78, 5) is 12.1. The number of methoxy groups -OCH3 is 1. The molecule has 0 aromatic heterocycles. The summed E-state index contributed by atoms with van der Waals surface area (Å²) in [7, 11) is 1.62. The van der Waals surface area contributed by atoms with E-state index in [0.717, 1.165) is 4.90 Å². The Bertz CT molecular complexity index is 429. The quantitative estimate of drug-likeness (QED) is 0.430. The van der Waals surface area contributed by atoms with Gasteiger partial charge < -0.3 is 14.8 Å². The zero-order chi connectivity index (χ0) is 14.8. The molecule has 6 heteroatoms. The third-order valence-corrected chi connectivity index (χ3v) is 3.58. The minimum Gasteiger partial charge on any atom is -0.465 e. The number of nitrogens with one attached hydrogen (secondary N) is 1. The topological polar surface area (TPSA) is 47.6 Å². The Morgan fingerprint density at radius 1 is 1.45 bits per heavy atom. The summed E-state index contributed by atoms with van der Waals surface area (Å²) in [5, 5.41) is 3.10. The number of esters is 1. The van der Waals surface area contributed by atoms with Gasteiger partial charge in [-0.1, -0.05) is 6.07 Å². The van der Waals surface area contributed by atoms with Gasteiger partial charge in [0.15, 0.2) is 0 Å². The van der Waals surface area contributed by atoms with Crippen molar-refractivity contribution in [2.24, 2.45) is 0 Å². The van der Waals surface area contributed by atoms with Crippen molar-refractivity contribution in [3.05, 3.63) is 29.6 Å². The van der Waals surface area contributed by atoms with Crippen LogP contribution < -0.4 is 5.32 Å². The highest BCUT2D eigenvalue weighted by Gasteiger charge is 2.11. The molecular formula is C14H20FNO3S. The molecule has 4 nitrogen and oxygen atoms in total. The number of carbonyl (C=O) groups excluding carboxylic acids is 1. The zero-order valence-electron chi connectivity index (χ0n) is 11.8. The molecule has 1 aromatic carbocycles. The third kappa shape index (κ3) is 5.90. The first kappa shape index (κ1) is 16.9. The maximum absolute atomic E-state index is 13.8. The fourth-order valence-electron chi connectivity index (χ4n) is 1.57. The number of halogens is 1. The Kier molecular flexibility index (Phi) is 8.25. The Morgan fingerprint density at radius 3 is 2.95 bits per heavy atom. The van der Waals surface area contributed by atoms with E-state index in [0.29, 0.717) is 31.9 Å². The highest BCUT2D eigenvalue weighted by atomic mass is 32.2. The van der Waals surface area contributed by atoms with Gasteiger partial charge in [-0.3, -0.25) is 4.79 Å². The fourth-order valence-corrected chi connectivity index (χ4v) is 2.45. The summed E-state index contributed by atoms with van der Waals surface area (Å²) in [5.41, 5.74) is 0.568. The lowest BCUT2D eigenvalue weighted by molar-refractivity contribution is -0.139. The average molecular weight is 301 g/mol. The van der Waals surface area contributed by atoms with Gasteiger partial charge in [-0.25, -0.2) is 4.39 Å². The molecule has 0 atom stereocenters. The number of thioether (sulfide) groups is 1. The smallest absolute Gasteiger partial charge is 0.316 e. The highest BCUT2D eigenvalue weighted by molar-refractivity contribution is 8.00. The van der Waals surface area contributed by atoms with Crippen LogP contribution in [0.2, 0.25) is 0 Å². The number of hydrogen-bond acceptors (Lipinski definition) is 5. The molecule has 0 aliphatic carbocycles. The van der Waals surface area contributed by atoms with Crippen molar-refractivity contribution in [3.8, 4) is 0 Å². The summed E-state index contributed by atoms with van der Waals surface area (Å²) in [6, 6.07) is 4.86. The van der Waals surface area contributed by atoms with Crippen molar-refractivity contribution in [3.63, 3.8) is 0 Å². The first-order chi connectivity index (χ1) is 9.69. The molecule has 112 valence electrons. The molecule has 0 saturated heterocycles. The number of hydrogen-bond donors (Lipinski definition) is 1. The minimum absolute atomic E-state index is 0.183.